The molecule has 2 unspecified atom stereocenters. The Labute approximate surface area is 119 Å². The fourth-order valence-electron chi connectivity index (χ4n) is 1.73. The Morgan fingerprint density at radius 2 is 2.20 bits per heavy atom. The Bertz CT molecular complexity index is 445. The highest BCUT2D eigenvalue weighted by atomic mass is 16.5. The minimum Gasteiger partial charge on any atom is -0.497 e. The first-order valence-corrected chi connectivity index (χ1v) is 6.71. The number of rotatable bonds is 7. The normalized spacial score (nSPS) is 15.2. The van der Waals surface area contributed by atoms with E-state index in [-0.39, 0.29) is 0 Å². The van der Waals surface area contributed by atoms with Gasteiger partial charge in [-0.15, -0.1) is 0 Å². The van der Waals surface area contributed by atoms with Crippen molar-refractivity contribution < 1.29 is 19.7 Å². The van der Waals surface area contributed by atoms with Gasteiger partial charge in [0.1, 0.15) is 5.75 Å². The van der Waals surface area contributed by atoms with E-state index in [4.69, 9.17) is 4.74 Å². The number of ether oxygens (including phenoxy) is 1. The quantitative estimate of drug-likeness (QED) is 0.693. The van der Waals surface area contributed by atoms with Crippen LogP contribution in [0.5, 0.6) is 5.75 Å². The first kappa shape index (κ1) is 16.5. The van der Waals surface area contributed by atoms with Crippen LogP contribution in [0.2, 0.25) is 0 Å². The van der Waals surface area contributed by atoms with Gasteiger partial charge in [-0.2, -0.15) is 0 Å². The number of carbonyl (C=O) groups excluding carboxylic acids is 1. The molecule has 0 aromatic heterocycles. The fraction of sp³-hybridized carbons (Fsp3) is 0.533. The monoisotopic (exact) mass is 281 g/mol. The van der Waals surface area contributed by atoms with E-state index in [2.05, 4.69) is 5.32 Å². The van der Waals surface area contributed by atoms with E-state index in [1.165, 1.54) is 6.92 Å². The Morgan fingerprint density at radius 3 is 2.80 bits per heavy atom. The summed E-state index contributed by atoms with van der Waals surface area (Å²) in [5, 5.41) is 22.2. The number of aliphatic hydroxyl groups is 2. The van der Waals surface area contributed by atoms with Crippen LogP contribution >= 0.6 is 0 Å². The number of amides is 1. The lowest BCUT2D eigenvalue weighted by Gasteiger charge is -2.26. The Hall–Kier alpha value is -1.59. The van der Waals surface area contributed by atoms with E-state index in [0.717, 1.165) is 11.3 Å². The molecule has 0 heterocycles. The Morgan fingerprint density at radius 1 is 1.50 bits per heavy atom. The second-order valence-corrected chi connectivity index (χ2v) is 5.01. The first-order valence-electron chi connectivity index (χ1n) is 6.71. The number of hydrogen-bond donors (Lipinski definition) is 3. The number of hydrogen-bond acceptors (Lipinski definition) is 4. The van der Waals surface area contributed by atoms with Crippen LogP contribution in [-0.4, -0.2) is 41.5 Å². The molecular weight excluding hydrogens is 258 g/mol. The van der Waals surface area contributed by atoms with Gasteiger partial charge in [-0.3, -0.25) is 4.79 Å². The number of carbonyl (C=O) groups is 1. The van der Waals surface area contributed by atoms with Gasteiger partial charge < -0.3 is 20.3 Å². The van der Waals surface area contributed by atoms with Crippen LogP contribution in [-0.2, 0) is 11.2 Å². The zero-order valence-electron chi connectivity index (χ0n) is 12.2. The highest BCUT2D eigenvalue weighted by Crippen LogP contribution is 2.15. The molecule has 1 rings (SSSR count). The molecule has 0 radical (unpaired) electrons. The summed E-state index contributed by atoms with van der Waals surface area (Å²) in [5.41, 5.74) is -0.374. The molecule has 112 valence electrons. The van der Waals surface area contributed by atoms with Gasteiger partial charge in [-0.25, -0.2) is 0 Å². The third-order valence-corrected chi connectivity index (χ3v) is 3.40. The molecule has 0 bridgehead atoms. The number of methoxy groups -OCH3 is 1. The van der Waals surface area contributed by atoms with E-state index in [1.54, 1.807) is 14.0 Å². The molecule has 5 heteroatoms. The van der Waals surface area contributed by atoms with Crippen LogP contribution in [0, 0.1) is 0 Å². The molecule has 20 heavy (non-hydrogen) atoms. The van der Waals surface area contributed by atoms with Crippen molar-refractivity contribution in [1.82, 2.24) is 5.32 Å². The SMILES string of the molecule is CCC(C)(O)C(O)C(=O)NCCc1cccc(OC)c1. The van der Waals surface area contributed by atoms with Crippen molar-refractivity contribution in [3.8, 4) is 5.75 Å². The van der Waals surface area contributed by atoms with Crippen molar-refractivity contribution in [1.29, 1.82) is 0 Å². The van der Waals surface area contributed by atoms with E-state index in [0.29, 0.717) is 19.4 Å². The van der Waals surface area contributed by atoms with Crippen LogP contribution in [0.1, 0.15) is 25.8 Å². The molecule has 0 aliphatic rings. The summed E-state index contributed by atoms with van der Waals surface area (Å²) in [6.45, 7) is 3.55. The minimum absolute atomic E-state index is 0.303. The van der Waals surface area contributed by atoms with Crippen molar-refractivity contribution in [2.45, 2.75) is 38.4 Å². The molecule has 2 atom stereocenters. The average molecular weight is 281 g/mol. The topological polar surface area (TPSA) is 78.8 Å². The van der Waals surface area contributed by atoms with Crippen molar-refractivity contribution in [3.05, 3.63) is 29.8 Å². The number of benzene rings is 1. The van der Waals surface area contributed by atoms with Gasteiger partial charge in [0.25, 0.3) is 5.91 Å². The van der Waals surface area contributed by atoms with Crippen LogP contribution in [0.3, 0.4) is 0 Å². The standard InChI is InChI=1S/C15H23NO4/c1-4-15(2,19)13(17)14(18)16-9-8-11-6-5-7-12(10-11)20-3/h5-7,10,13,17,19H,4,8-9H2,1-3H3,(H,16,18). The summed E-state index contributed by atoms with van der Waals surface area (Å²) in [7, 11) is 1.60. The van der Waals surface area contributed by atoms with Gasteiger partial charge in [-0.1, -0.05) is 19.1 Å². The maximum Gasteiger partial charge on any atom is 0.251 e. The number of aliphatic hydroxyl groups excluding tert-OH is 1. The van der Waals surface area contributed by atoms with Gasteiger partial charge in [0, 0.05) is 6.54 Å². The molecule has 3 N–H and O–H groups in total. The summed E-state index contributed by atoms with van der Waals surface area (Å²) in [5.74, 6) is 0.211. The second-order valence-electron chi connectivity index (χ2n) is 5.01. The second kappa shape index (κ2) is 7.26. The lowest BCUT2D eigenvalue weighted by Crippen LogP contribution is -2.49. The summed E-state index contributed by atoms with van der Waals surface area (Å²) >= 11 is 0. The predicted molar refractivity (Wildman–Crippen MR) is 76.6 cm³/mol. The van der Waals surface area contributed by atoms with Gasteiger partial charge in [0.05, 0.1) is 12.7 Å². The highest BCUT2D eigenvalue weighted by Gasteiger charge is 2.33. The van der Waals surface area contributed by atoms with Crippen LogP contribution in [0.15, 0.2) is 24.3 Å². The largest absolute Gasteiger partial charge is 0.497 e. The summed E-state index contributed by atoms with van der Waals surface area (Å²) in [4.78, 5) is 11.7. The molecule has 0 saturated heterocycles. The third kappa shape index (κ3) is 4.51. The lowest BCUT2D eigenvalue weighted by molar-refractivity contribution is -0.143. The molecular formula is C15H23NO4. The van der Waals surface area contributed by atoms with E-state index in [9.17, 15) is 15.0 Å². The molecule has 5 nitrogen and oxygen atoms in total. The van der Waals surface area contributed by atoms with Crippen molar-refractivity contribution >= 4 is 5.91 Å². The van der Waals surface area contributed by atoms with E-state index in [1.807, 2.05) is 24.3 Å². The number of nitrogens with one attached hydrogen (secondary N) is 1. The molecule has 0 aliphatic heterocycles. The average Bonchev–Trinajstić information content (AvgIpc) is 2.46. The molecule has 1 aromatic carbocycles. The molecule has 0 aliphatic carbocycles. The first-order chi connectivity index (χ1) is 9.40. The smallest absolute Gasteiger partial charge is 0.251 e. The summed E-state index contributed by atoms with van der Waals surface area (Å²) in [6, 6.07) is 7.56. The zero-order valence-corrected chi connectivity index (χ0v) is 12.2. The Kier molecular flexibility index (Phi) is 5.98. The summed E-state index contributed by atoms with van der Waals surface area (Å²) < 4.78 is 5.12. The van der Waals surface area contributed by atoms with Crippen molar-refractivity contribution in [2.24, 2.45) is 0 Å². The zero-order chi connectivity index (χ0) is 15.2. The van der Waals surface area contributed by atoms with Gasteiger partial charge >= 0.3 is 0 Å². The highest BCUT2D eigenvalue weighted by molar-refractivity contribution is 5.81. The van der Waals surface area contributed by atoms with Crippen LogP contribution < -0.4 is 10.1 Å². The van der Waals surface area contributed by atoms with Crippen molar-refractivity contribution in [2.75, 3.05) is 13.7 Å². The third-order valence-electron chi connectivity index (χ3n) is 3.40. The van der Waals surface area contributed by atoms with Gasteiger partial charge in [0.2, 0.25) is 0 Å². The maximum absolute atomic E-state index is 11.7. The predicted octanol–water partition coefficient (Wildman–Crippen LogP) is 0.876. The van der Waals surface area contributed by atoms with E-state index >= 15 is 0 Å². The minimum atomic E-state index is -1.42. The van der Waals surface area contributed by atoms with Crippen LogP contribution in [0.4, 0.5) is 0 Å². The molecule has 0 spiro atoms. The lowest BCUT2D eigenvalue weighted by atomic mass is 9.95. The van der Waals surface area contributed by atoms with Crippen LogP contribution in [0.25, 0.3) is 0 Å². The van der Waals surface area contributed by atoms with Gasteiger partial charge in [-0.05, 0) is 37.5 Å². The van der Waals surface area contributed by atoms with E-state index < -0.39 is 17.6 Å². The van der Waals surface area contributed by atoms with Crippen molar-refractivity contribution in [3.63, 3.8) is 0 Å². The fourth-order valence-corrected chi connectivity index (χ4v) is 1.73. The molecule has 1 amide bonds. The summed E-state index contributed by atoms with van der Waals surface area (Å²) in [6.07, 6.45) is -0.487. The maximum atomic E-state index is 11.7. The Balaban J connectivity index is 2.46. The molecule has 0 saturated carbocycles. The molecule has 0 fully saturated rings. The molecule has 1 aromatic rings. The van der Waals surface area contributed by atoms with Gasteiger partial charge in [0.15, 0.2) is 6.10 Å².